The summed E-state index contributed by atoms with van der Waals surface area (Å²) in [5, 5.41) is 18.2. The predicted molar refractivity (Wildman–Crippen MR) is 70.6 cm³/mol. The van der Waals surface area contributed by atoms with E-state index in [0.29, 0.717) is 11.4 Å². The monoisotopic (exact) mass is 268 g/mol. The highest BCUT2D eigenvalue weighted by Crippen LogP contribution is 2.18. The SMILES string of the molecule is Cc1nn(C)c(C)c1NC(=O)C(=O)NC(C)(C)CO. The molecule has 0 radical (unpaired) electrons. The highest BCUT2D eigenvalue weighted by Gasteiger charge is 2.24. The molecule has 0 spiro atoms. The van der Waals surface area contributed by atoms with Crippen LogP contribution in [-0.4, -0.2) is 38.8 Å². The Morgan fingerprint density at radius 3 is 2.32 bits per heavy atom. The summed E-state index contributed by atoms with van der Waals surface area (Å²) in [5.74, 6) is -1.57. The molecule has 3 N–H and O–H groups in total. The Labute approximate surface area is 112 Å². The van der Waals surface area contributed by atoms with Crippen LogP contribution in [0.4, 0.5) is 5.69 Å². The summed E-state index contributed by atoms with van der Waals surface area (Å²) >= 11 is 0. The van der Waals surface area contributed by atoms with Crippen molar-refractivity contribution in [1.82, 2.24) is 15.1 Å². The zero-order valence-electron chi connectivity index (χ0n) is 11.9. The molecule has 19 heavy (non-hydrogen) atoms. The molecule has 0 aliphatic heterocycles. The maximum atomic E-state index is 11.8. The topological polar surface area (TPSA) is 96.2 Å². The summed E-state index contributed by atoms with van der Waals surface area (Å²) in [6, 6.07) is 0. The first-order valence-electron chi connectivity index (χ1n) is 5.92. The summed E-state index contributed by atoms with van der Waals surface area (Å²) < 4.78 is 1.63. The predicted octanol–water partition coefficient (Wildman–Crippen LogP) is -0.137. The molecule has 7 heteroatoms. The van der Waals surface area contributed by atoms with Gasteiger partial charge in [0.1, 0.15) is 0 Å². The number of rotatable bonds is 3. The van der Waals surface area contributed by atoms with Gasteiger partial charge < -0.3 is 15.7 Å². The van der Waals surface area contributed by atoms with E-state index >= 15 is 0 Å². The van der Waals surface area contributed by atoms with Gasteiger partial charge >= 0.3 is 11.8 Å². The molecule has 0 unspecified atom stereocenters. The Morgan fingerprint density at radius 2 is 1.89 bits per heavy atom. The number of aliphatic hydroxyl groups excluding tert-OH is 1. The van der Waals surface area contributed by atoms with Crippen LogP contribution < -0.4 is 10.6 Å². The lowest BCUT2D eigenvalue weighted by atomic mass is 10.1. The van der Waals surface area contributed by atoms with Crippen LogP contribution in [0.1, 0.15) is 25.2 Å². The number of carbonyl (C=O) groups is 2. The molecule has 1 rings (SSSR count). The van der Waals surface area contributed by atoms with Crippen molar-refractivity contribution in [2.24, 2.45) is 7.05 Å². The van der Waals surface area contributed by atoms with Gasteiger partial charge in [0.2, 0.25) is 0 Å². The number of amides is 2. The average Bonchev–Trinajstić information content (AvgIpc) is 2.55. The number of nitrogens with zero attached hydrogens (tertiary/aromatic N) is 2. The van der Waals surface area contributed by atoms with Crippen molar-refractivity contribution in [2.75, 3.05) is 11.9 Å². The van der Waals surface area contributed by atoms with Crippen molar-refractivity contribution < 1.29 is 14.7 Å². The van der Waals surface area contributed by atoms with Crippen molar-refractivity contribution in [3.05, 3.63) is 11.4 Å². The van der Waals surface area contributed by atoms with Gasteiger partial charge in [-0.3, -0.25) is 14.3 Å². The number of aryl methyl sites for hydroxylation is 2. The van der Waals surface area contributed by atoms with E-state index in [1.807, 2.05) is 0 Å². The molecule has 106 valence electrons. The Balaban J connectivity index is 2.78. The first-order chi connectivity index (χ1) is 8.68. The fraction of sp³-hybridized carbons (Fsp3) is 0.583. The van der Waals surface area contributed by atoms with Gasteiger partial charge in [-0.2, -0.15) is 5.10 Å². The largest absolute Gasteiger partial charge is 0.394 e. The first-order valence-corrected chi connectivity index (χ1v) is 5.92. The number of anilines is 1. The number of aliphatic hydroxyl groups is 1. The van der Waals surface area contributed by atoms with Crippen LogP contribution in [-0.2, 0) is 16.6 Å². The van der Waals surface area contributed by atoms with Gasteiger partial charge in [-0.1, -0.05) is 0 Å². The molecule has 0 atom stereocenters. The lowest BCUT2D eigenvalue weighted by Crippen LogP contribution is -2.50. The van der Waals surface area contributed by atoms with E-state index in [-0.39, 0.29) is 6.61 Å². The lowest BCUT2D eigenvalue weighted by molar-refractivity contribution is -0.137. The Bertz CT molecular complexity index is 505. The minimum absolute atomic E-state index is 0.253. The summed E-state index contributed by atoms with van der Waals surface area (Å²) in [5.41, 5.74) is 1.10. The molecule has 0 bridgehead atoms. The second kappa shape index (κ2) is 5.40. The molecular formula is C12H20N4O3. The highest BCUT2D eigenvalue weighted by molar-refractivity contribution is 6.39. The van der Waals surface area contributed by atoms with Crippen molar-refractivity contribution in [3.8, 4) is 0 Å². The molecule has 0 aromatic carbocycles. The van der Waals surface area contributed by atoms with E-state index in [2.05, 4.69) is 15.7 Å². The number of hydrogen-bond donors (Lipinski definition) is 3. The van der Waals surface area contributed by atoms with Crippen LogP contribution >= 0.6 is 0 Å². The molecule has 0 saturated heterocycles. The standard InChI is InChI=1S/C12H20N4O3/c1-7-9(8(2)16(5)15-7)13-10(18)11(19)14-12(3,4)6-17/h17H,6H2,1-5H3,(H,13,18)(H,14,19). The third kappa shape index (κ3) is 3.54. The van der Waals surface area contributed by atoms with Gasteiger partial charge in [-0.05, 0) is 27.7 Å². The fourth-order valence-corrected chi connectivity index (χ4v) is 1.53. The molecular weight excluding hydrogens is 248 g/mol. The second-order valence-corrected chi connectivity index (χ2v) is 5.12. The Morgan fingerprint density at radius 1 is 1.32 bits per heavy atom. The minimum Gasteiger partial charge on any atom is -0.394 e. The summed E-state index contributed by atoms with van der Waals surface area (Å²) in [7, 11) is 1.76. The normalized spacial score (nSPS) is 11.3. The maximum absolute atomic E-state index is 11.8. The van der Waals surface area contributed by atoms with E-state index in [1.165, 1.54) is 0 Å². The van der Waals surface area contributed by atoms with E-state index in [1.54, 1.807) is 39.4 Å². The summed E-state index contributed by atoms with van der Waals surface area (Å²) in [6.07, 6.45) is 0. The number of nitrogens with one attached hydrogen (secondary N) is 2. The molecule has 7 nitrogen and oxygen atoms in total. The van der Waals surface area contributed by atoms with Gasteiger partial charge in [-0.25, -0.2) is 0 Å². The molecule has 1 aromatic heterocycles. The molecule has 0 aliphatic carbocycles. The second-order valence-electron chi connectivity index (χ2n) is 5.12. The molecule has 1 heterocycles. The summed E-state index contributed by atoms with van der Waals surface area (Å²) in [6.45, 7) is 6.54. The number of carbonyl (C=O) groups excluding carboxylic acids is 2. The lowest BCUT2D eigenvalue weighted by Gasteiger charge is -2.22. The average molecular weight is 268 g/mol. The van der Waals surface area contributed by atoms with Gasteiger partial charge in [0, 0.05) is 7.05 Å². The molecule has 2 amide bonds. The van der Waals surface area contributed by atoms with Crippen molar-refractivity contribution in [3.63, 3.8) is 0 Å². The quantitative estimate of drug-likeness (QED) is 0.665. The zero-order valence-corrected chi connectivity index (χ0v) is 11.9. The zero-order chi connectivity index (χ0) is 14.8. The van der Waals surface area contributed by atoms with E-state index < -0.39 is 17.4 Å². The Kier molecular flexibility index (Phi) is 4.31. The van der Waals surface area contributed by atoms with Crippen LogP contribution in [0.3, 0.4) is 0 Å². The third-order valence-corrected chi connectivity index (χ3v) is 2.80. The number of aromatic nitrogens is 2. The van der Waals surface area contributed by atoms with Crippen LogP contribution in [0.15, 0.2) is 0 Å². The minimum atomic E-state index is -0.840. The van der Waals surface area contributed by atoms with Gasteiger partial charge in [0.05, 0.1) is 29.2 Å². The Hall–Kier alpha value is -1.89. The van der Waals surface area contributed by atoms with Crippen LogP contribution in [0, 0.1) is 13.8 Å². The highest BCUT2D eigenvalue weighted by atomic mass is 16.3. The van der Waals surface area contributed by atoms with Crippen molar-refractivity contribution >= 4 is 17.5 Å². The molecule has 1 aromatic rings. The van der Waals surface area contributed by atoms with E-state index in [4.69, 9.17) is 5.11 Å². The van der Waals surface area contributed by atoms with Crippen LogP contribution in [0.5, 0.6) is 0 Å². The van der Waals surface area contributed by atoms with Crippen LogP contribution in [0.2, 0.25) is 0 Å². The fourth-order valence-electron chi connectivity index (χ4n) is 1.53. The van der Waals surface area contributed by atoms with E-state index in [0.717, 1.165) is 5.69 Å². The maximum Gasteiger partial charge on any atom is 0.313 e. The number of hydrogen-bond acceptors (Lipinski definition) is 4. The van der Waals surface area contributed by atoms with Crippen molar-refractivity contribution in [2.45, 2.75) is 33.2 Å². The van der Waals surface area contributed by atoms with Gasteiger partial charge in [0.25, 0.3) is 0 Å². The third-order valence-electron chi connectivity index (χ3n) is 2.80. The van der Waals surface area contributed by atoms with Gasteiger partial charge in [-0.15, -0.1) is 0 Å². The molecule has 0 aliphatic rings. The van der Waals surface area contributed by atoms with Gasteiger partial charge in [0.15, 0.2) is 0 Å². The smallest absolute Gasteiger partial charge is 0.313 e. The van der Waals surface area contributed by atoms with E-state index in [9.17, 15) is 9.59 Å². The van der Waals surface area contributed by atoms with Crippen molar-refractivity contribution in [1.29, 1.82) is 0 Å². The van der Waals surface area contributed by atoms with Crippen LogP contribution in [0.25, 0.3) is 0 Å². The molecule has 0 saturated carbocycles. The summed E-state index contributed by atoms with van der Waals surface area (Å²) in [4.78, 5) is 23.5. The first kappa shape index (κ1) is 15.2. The molecule has 0 fully saturated rings.